The zero-order valence-electron chi connectivity index (χ0n) is 11.4. The molecule has 2 rings (SSSR count). The van der Waals surface area contributed by atoms with E-state index in [1.807, 2.05) is 19.2 Å². The standard InChI is InChI=1S/C14H14Cl2N2O2S/c1-7(12-6-21-8(2)18-12)17-14(20)13(19)9-3-10(15)5-11(16)4-9/h3-7,13,19H,1-2H3,(H,17,20). The number of rotatable bonds is 4. The van der Waals surface area contributed by atoms with E-state index in [1.54, 1.807) is 0 Å². The second-order valence-electron chi connectivity index (χ2n) is 4.63. The molecule has 4 nitrogen and oxygen atoms in total. The van der Waals surface area contributed by atoms with Crippen molar-refractivity contribution in [3.63, 3.8) is 0 Å². The highest BCUT2D eigenvalue weighted by Gasteiger charge is 2.21. The van der Waals surface area contributed by atoms with Gasteiger partial charge in [-0.05, 0) is 37.6 Å². The molecule has 0 aliphatic carbocycles. The number of thiazole rings is 1. The van der Waals surface area contributed by atoms with Crippen molar-refractivity contribution in [2.45, 2.75) is 26.0 Å². The van der Waals surface area contributed by atoms with Crippen molar-refractivity contribution in [3.8, 4) is 0 Å². The second kappa shape index (κ2) is 6.75. The first kappa shape index (κ1) is 16.2. The maximum absolute atomic E-state index is 12.1. The molecule has 2 aromatic rings. The van der Waals surface area contributed by atoms with E-state index in [2.05, 4.69) is 10.3 Å². The SMILES string of the molecule is Cc1nc(C(C)NC(=O)C(O)c2cc(Cl)cc(Cl)c2)cs1. The Balaban J connectivity index is 2.08. The third kappa shape index (κ3) is 4.17. The molecule has 0 saturated heterocycles. The smallest absolute Gasteiger partial charge is 0.254 e. The molecule has 1 heterocycles. The van der Waals surface area contributed by atoms with Crippen LogP contribution in [0, 0.1) is 6.92 Å². The van der Waals surface area contributed by atoms with E-state index in [9.17, 15) is 9.90 Å². The molecule has 0 spiro atoms. The van der Waals surface area contributed by atoms with Crippen LogP contribution in [0.15, 0.2) is 23.6 Å². The molecule has 2 atom stereocenters. The second-order valence-corrected chi connectivity index (χ2v) is 6.56. The largest absolute Gasteiger partial charge is 0.378 e. The van der Waals surface area contributed by atoms with E-state index in [4.69, 9.17) is 23.2 Å². The van der Waals surface area contributed by atoms with Gasteiger partial charge in [-0.2, -0.15) is 0 Å². The summed E-state index contributed by atoms with van der Waals surface area (Å²) in [5.74, 6) is -0.522. The Bertz CT molecular complexity index is 640. The van der Waals surface area contributed by atoms with Crippen molar-refractivity contribution in [1.29, 1.82) is 0 Å². The summed E-state index contributed by atoms with van der Waals surface area (Å²) in [6.45, 7) is 3.70. The number of aliphatic hydroxyl groups excluding tert-OH is 1. The number of carbonyl (C=O) groups is 1. The Morgan fingerprint density at radius 2 is 1.95 bits per heavy atom. The van der Waals surface area contributed by atoms with Gasteiger partial charge in [0.15, 0.2) is 6.10 Å². The van der Waals surface area contributed by atoms with Gasteiger partial charge in [-0.1, -0.05) is 23.2 Å². The zero-order valence-corrected chi connectivity index (χ0v) is 13.8. The van der Waals surface area contributed by atoms with E-state index >= 15 is 0 Å². The molecule has 0 saturated carbocycles. The molecule has 0 aliphatic rings. The van der Waals surface area contributed by atoms with Gasteiger partial charge in [0.05, 0.1) is 16.7 Å². The van der Waals surface area contributed by atoms with Crippen LogP contribution in [0.2, 0.25) is 10.0 Å². The van der Waals surface area contributed by atoms with Crippen LogP contribution in [0.5, 0.6) is 0 Å². The molecule has 7 heteroatoms. The van der Waals surface area contributed by atoms with Crippen molar-refractivity contribution < 1.29 is 9.90 Å². The van der Waals surface area contributed by atoms with Gasteiger partial charge >= 0.3 is 0 Å². The maximum Gasteiger partial charge on any atom is 0.254 e. The van der Waals surface area contributed by atoms with E-state index in [0.29, 0.717) is 15.6 Å². The lowest BCUT2D eigenvalue weighted by atomic mass is 10.1. The van der Waals surface area contributed by atoms with Crippen LogP contribution in [0.3, 0.4) is 0 Å². The van der Waals surface area contributed by atoms with Gasteiger partial charge in [0, 0.05) is 15.4 Å². The minimum absolute atomic E-state index is 0.285. The number of halogens is 2. The summed E-state index contributed by atoms with van der Waals surface area (Å²) in [7, 11) is 0. The monoisotopic (exact) mass is 344 g/mol. The molecular weight excluding hydrogens is 331 g/mol. The molecule has 0 bridgehead atoms. The quantitative estimate of drug-likeness (QED) is 0.889. The van der Waals surface area contributed by atoms with Crippen molar-refractivity contribution >= 4 is 40.4 Å². The predicted molar refractivity (Wildman–Crippen MR) is 84.8 cm³/mol. The van der Waals surface area contributed by atoms with E-state index < -0.39 is 12.0 Å². The van der Waals surface area contributed by atoms with Crippen molar-refractivity contribution in [3.05, 3.63) is 49.9 Å². The molecule has 1 aromatic carbocycles. The van der Waals surface area contributed by atoms with Crippen LogP contribution in [-0.4, -0.2) is 16.0 Å². The van der Waals surface area contributed by atoms with Crippen LogP contribution >= 0.6 is 34.5 Å². The Hall–Kier alpha value is -1.14. The summed E-state index contributed by atoms with van der Waals surface area (Å²) in [6, 6.07) is 4.27. The molecule has 112 valence electrons. The fraction of sp³-hybridized carbons (Fsp3) is 0.286. The Kier molecular flexibility index (Phi) is 5.22. The molecular formula is C14H14Cl2N2O2S. The number of hydrogen-bond donors (Lipinski definition) is 2. The van der Waals surface area contributed by atoms with Gasteiger partial charge in [0.25, 0.3) is 5.91 Å². The highest BCUT2D eigenvalue weighted by atomic mass is 35.5. The highest BCUT2D eigenvalue weighted by molar-refractivity contribution is 7.09. The summed E-state index contributed by atoms with van der Waals surface area (Å²) < 4.78 is 0. The number of amides is 1. The number of aryl methyl sites for hydroxylation is 1. The average molecular weight is 345 g/mol. The number of nitrogens with one attached hydrogen (secondary N) is 1. The first-order chi connectivity index (χ1) is 9.86. The Morgan fingerprint density at radius 3 is 2.48 bits per heavy atom. The number of aliphatic hydroxyl groups is 1. The van der Waals surface area contributed by atoms with Gasteiger partial charge in [0.1, 0.15) is 0 Å². The molecule has 2 N–H and O–H groups in total. The van der Waals surface area contributed by atoms with Gasteiger partial charge in [-0.15, -0.1) is 11.3 Å². The zero-order chi connectivity index (χ0) is 15.6. The normalized spacial score (nSPS) is 13.8. The van der Waals surface area contributed by atoms with Crippen LogP contribution < -0.4 is 5.32 Å². The van der Waals surface area contributed by atoms with Gasteiger partial charge < -0.3 is 10.4 Å². The van der Waals surface area contributed by atoms with Gasteiger partial charge in [-0.3, -0.25) is 4.79 Å². The molecule has 21 heavy (non-hydrogen) atoms. The van der Waals surface area contributed by atoms with Crippen molar-refractivity contribution in [1.82, 2.24) is 10.3 Å². The molecule has 2 unspecified atom stereocenters. The minimum Gasteiger partial charge on any atom is -0.378 e. The van der Waals surface area contributed by atoms with E-state index in [-0.39, 0.29) is 6.04 Å². The number of carbonyl (C=O) groups excluding carboxylic acids is 1. The van der Waals surface area contributed by atoms with E-state index in [1.165, 1.54) is 29.5 Å². The summed E-state index contributed by atoms with van der Waals surface area (Å²) in [5, 5.41) is 16.3. The van der Waals surface area contributed by atoms with Crippen molar-refractivity contribution in [2.24, 2.45) is 0 Å². The third-order valence-corrected chi connectivity index (χ3v) is 4.12. The van der Waals surface area contributed by atoms with Gasteiger partial charge in [-0.25, -0.2) is 4.98 Å². The molecule has 1 aromatic heterocycles. The van der Waals surface area contributed by atoms with E-state index in [0.717, 1.165) is 10.7 Å². The number of nitrogens with zero attached hydrogens (tertiary/aromatic N) is 1. The topological polar surface area (TPSA) is 62.2 Å². The molecule has 0 fully saturated rings. The number of benzene rings is 1. The summed E-state index contributed by atoms with van der Waals surface area (Å²) in [4.78, 5) is 16.4. The lowest BCUT2D eigenvalue weighted by Gasteiger charge is -2.16. The average Bonchev–Trinajstić information content (AvgIpc) is 2.83. The van der Waals surface area contributed by atoms with Crippen molar-refractivity contribution in [2.75, 3.05) is 0 Å². The first-order valence-corrected chi connectivity index (χ1v) is 7.87. The third-order valence-electron chi connectivity index (χ3n) is 2.89. The molecule has 0 aliphatic heterocycles. The van der Waals surface area contributed by atoms with Crippen LogP contribution in [0.25, 0.3) is 0 Å². The lowest BCUT2D eigenvalue weighted by molar-refractivity contribution is -0.130. The first-order valence-electron chi connectivity index (χ1n) is 6.23. The summed E-state index contributed by atoms with van der Waals surface area (Å²) >= 11 is 13.2. The van der Waals surface area contributed by atoms with Gasteiger partial charge in [0.2, 0.25) is 0 Å². The minimum atomic E-state index is -1.33. The molecule has 0 radical (unpaired) electrons. The number of aromatic nitrogens is 1. The highest BCUT2D eigenvalue weighted by Crippen LogP contribution is 2.24. The Morgan fingerprint density at radius 1 is 1.33 bits per heavy atom. The van der Waals surface area contributed by atoms with Crippen LogP contribution in [-0.2, 0) is 4.79 Å². The van der Waals surface area contributed by atoms with Crippen LogP contribution in [0.1, 0.15) is 35.3 Å². The summed E-state index contributed by atoms with van der Waals surface area (Å²) in [6.07, 6.45) is -1.33. The predicted octanol–water partition coefficient (Wildman–Crippen LogP) is 3.67. The fourth-order valence-electron chi connectivity index (χ4n) is 1.83. The molecule has 1 amide bonds. The number of hydrogen-bond acceptors (Lipinski definition) is 4. The van der Waals surface area contributed by atoms with Crippen LogP contribution in [0.4, 0.5) is 0 Å². The summed E-state index contributed by atoms with van der Waals surface area (Å²) in [5.41, 5.74) is 1.12. The fourth-order valence-corrected chi connectivity index (χ4v) is 3.08. The Labute approximate surface area is 136 Å². The maximum atomic E-state index is 12.1. The lowest BCUT2D eigenvalue weighted by Crippen LogP contribution is -2.31.